The lowest BCUT2D eigenvalue weighted by Gasteiger charge is -2.34. The highest BCUT2D eigenvalue weighted by Crippen LogP contribution is 2.27. The summed E-state index contributed by atoms with van der Waals surface area (Å²) < 4.78 is 10.6. The van der Waals surface area contributed by atoms with Crippen LogP contribution >= 0.6 is 23.2 Å². The van der Waals surface area contributed by atoms with Crippen LogP contribution in [-0.2, 0) is 4.79 Å². The standard InChI is InChI=1S/C18H18Cl2N2O4/c19-13-3-4-16(14(20)10-13)26-12-18(24)22-7-5-21(6-8-22)11-15(23)17-2-1-9-25-17/h1-4,9-10H,5-8,11-12H2. The molecule has 0 N–H and O–H groups in total. The van der Waals surface area contributed by atoms with Crippen molar-refractivity contribution in [2.75, 3.05) is 39.3 Å². The number of furan rings is 1. The van der Waals surface area contributed by atoms with E-state index in [0.29, 0.717) is 47.7 Å². The van der Waals surface area contributed by atoms with Gasteiger partial charge in [0.1, 0.15) is 5.75 Å². The number of carbonyl (C=O) groups excluding carboxylic acids is 2. The number of piperazine rings is 1. The van der Waals surface area contributed by atoms with E-state index < -0.39 is 0 Å². The van der Waals surface area contributed by atoms with Crippen LogP contribution in [0.1, 0.15) is 10.6 Å². The molecule has 1 aliphatic rings. The Morgan fingerprint density at radius 2 is 1.88 bits per heavy atom. The molecule has 2 aromatic rings. The Hall–Kier alpha value is -2.02. The molecule has 0 saturated carbocycles. The van der Waals surface area contributed by atoms with Crippen LogP contribution in [0, 0.1) is 0 Å². The van der Waals surface area contributed by atoms with E-state index >= 15 is 0 Å². The number of halogens is 2. The van der Waals surface area contributed by atoms with Crippen molar-refractivity contribution in [3.05, 3.63) is 52.4 Å². The first-order chi connectivity index (χ1) is 12.5. The van der Waals surface area contributed by atoms with E-state index in [4.69, 9.17) is 32.4 Å². The van der Waals surface area contributed by atoms with Gasteiger partial charge in [0.2, 0.25) is 5.78 Å². The molecule has 0 bridgehead atoms. The summed E-state index contributed by atoms with van der Waals surface area (Å²) in [5.74, 6) is 0.604. The molecule has 3 rings (SSSR count). The first-order valence-corrected chi connectivity index (χ1v) is 8.93. The Balaban J connectivity index is 1.44. The van der Waals surface area contributed by atoms with Crippen LogP contribution in [0.15, 0.2) is 41.0 Å². The normalized spacial score (nSPS) is 15.1. The lowest BCUT2D eigenvalue weighted by Crippen LogP contribution is -2.51. The van der Waals surface area contributed by atoms with E-state index in [0.717, 1.165) is 0 Å². The minimum atomic E-state index is -0.118. The van der Waals surface area contributed by atoms with E-state index in [1.54, 1.807) is 35.2 Å². The minimum Gasteiger partial charge on any atom is -0.482 e. The molecule has 1 fully saturated rings. The van der Waals surface area contributed by atoms with Crippen molar-refractivity contribution >= 4 is 34.9 Å². The highest BCUT2D eigenvalue weighted by Gasteiger charge is 2.23. The topological polar surface area (TPSA) is 63.0 Å². The van der Waals surface area contributed by atoms with E-state index in [1.807, 2.05) is 4.90 Å². The summed E-state index contributed by atoms with van der Waals surface area (Å²) in [6, 6.07) is 8.20. The Bertz CT molecular complexity index is 772. The molecule has 1 aromatic heterocycles. The smallest absolute Gasteiger partial charge is 0.260 e. The average Bonchev–Trinajstić information content (AvgIpc) is 3.16. The molecular weight excluding hydrogens is 379 g/mol. The highest BCUT2D eigenvalue weighted by molar-refractivity contribution is 6.35. The summed E-state index contributed by atoms with van der Waals surface area (Å²) >= 11 is 11.9. The Morgan fingerprint density at radius 1 is 1.12 bits per heavy atom. The summed E-state index contributed by atoms with van der Waals surface area (Å²) in [5, 5.41) is 0.875. The summed E-state index contributed by atoms with van der Waals surface area (Å²) in [5.41, 5.74) is 0. The zero-order valence-electron chi connectivity index (χ0n) is 14.0. The number of hydrogen-bond donors (Lipinski definition) is 0. The van der Waals surface area contributed by atoms with Gasteiger partial charge in [0.15, 0.2) is 12.4 Å². The third-order valence-corrected chi connectivity index (χ3v) is 4.66. The molecule has 8 heteroatoms. The van der Waals surface area contributed by atoms with Gasteiger partial charge in [-0.25, -0.2) is 0 Å². The van der Waals surface area contributed by atoms with Crippen molar-refractivity contribution in [2.45, 2.75) is 0 Å². The summed E-state index contributed by atoms with van der Waals surface area (Å²) in [7, 11) is 0. The molecule has 0 unspecified atom stereocenters. The summed E-state index contributed by atoms with van der Waals surface area (Å²) in [6.07, 6.45) is 1.48. The summed E-state index contributed by atoms with van der Waals surface area (Å²) in [6.45, 7) is 2.53. The lowest BCUT2D eigenvalue weighted by molar-refractivity contribution is -0.135. The number of Topliss-reactive ketones (excluding diaryl/α,β-unsaturated/α-hetero) is 1. The molecule has 0 spiro atoms. The van der Waals surface area contributed by atoms with Crippen LogP contribution in [0.25, 0.3) is 0 Å². The average molecular weight is 397 g/mol. The monoisotopic (exact) mass is 396 g/mol. The molecule has 138 valence electrons. The van der Waals surface area contributed by atoms with Crippen molar-refractivity contribution in [1.82, 2.24) is 9.80 Å². The minimum absolute atomic E-state index is 0.0597. The molecule has 1 aliphatic heterocycles. The Morgan fingerprint density at radius 3 is 2.54 bits per heavy atom. The number of ether oxygens (including phenoxy) is 1. The van der Waals surface area contributed by atoms with Crippen molar-refractivity contribution in [3.8, 4) is 5.75 Å². The SMILES string of the molecule is O=C(CN1CCN(C(=O)COc2ccc(Cl)cc2Cl)CC1)c1ccco1. The number of ketones is 1. The molecule has 26 heavy (non-hydrogen) atoms. The summed E-state index contributed by atoms with van der Waals surface area (Å²) in [4.78, 5) is 28.1. The Kier molecular flexibility index (Phi) is 6.19. The van der Waals surface area contributed by atoms with E-state index in [-0.39, 0.29) is 24.8 Å². The van der Waals surface area contributed by atoms with Crippen LogP contribution in [0.4, 0.5) is 0 Å². The van der Waals surface area contributed by atoms with E-state index in [9.17, 15) is 9.59 Å². The molecule has 6 nitrogen and oxygen atoms in total. The van der Waals surface area contributed by atoms with Gasteiger partial charge in [-0.2, -0.15) is 0 Å². The van der Waals surface area contributed by atoms with Crippen LogP contribution < -0.4 is 4.74 Å². The second kappa shape index (κ2) is 8.58. The maximum atomic E-state index is 12.3. The number of rotatable bonds is 6. The van der Waals surface area contributed by atoms with Gasteiger partial charge in [0, 0.05) is 31.2 Å². The van der Waals surface area contributed by atoms with Gasteiger partial charge in [0.25, 0.3) is 5.91 Å². The maximum absolute atomic E-state index is 12.3. The van der Waals surface area contributed by atoms with Crippen LogP contribution in [0.5, 0.6) is 5.75 Å². The molecule has 1 amide bonds. The second-order valence-electron chi connectivity index (χ2n) is 5.92. The predicted molar refractivity (Wildman–Crippen MR) is 98.0 cm³/mol. The fourth-order valence-electron chi connectivity index (χ4n) is 2.70. The molecule has 0 atom stereocenters. The molecular formula is C18H18Cl2N2O4. The van der Waals surface area contributed by atoms with E-state index in [1.165, 1.54) is 6.26 Å². The van der Waals surface area contributed by atoms with Gasteiger partial charge >= 0.3 is 0 Å². The number of nitrogens with zero attached hydrogens (tertiary/aromatic N) is 2. The van der Waals surface area contributed by atoms with Gasteiger partial charge in [-0.1, -0.05) is 23.2 Å². The first kappa shape index (κ1) is 18.8. The fourth-order valence-corrected chi connectivity index (χ4v) is 3.16. The lowest BCUT2D eigenvalue weighted by atomic mass is 10.2. The predicted octanol–water partition coefficient (Wildman–Crippen LogP) is 2.99. The largest absolute Gasteiger partial charge is 0.482 e. The van der Waals surface area contributed by atoms with E-state index in [2.05, 4.69) is 0 Å². The molecule has 1 saturated heterocycles. The van der Waals surface area contributed by atoms with Crippen molar-refractivity contribution in [3.63, 3.8) is 0 Å². The molecule has 0 aliphatic carbocycles. The number of benzene rings is 1. The highest BCUT2D eigenvalue weighted by atomic mass is 35.5. The quantitative estimate of drug-likeness (QED) is 0.702. The Labute approximate surface area is 161 Å². The molecule has 0 radical (unpaired) electrons. The van der Waals surface area contributed by atoms with Crippen molar-refractivity contribution < 1.29 is 18.7 Å². The maximum Gasteiger partial charge on any atom is 0.260 e. The third kappa shape index (κ3) is 4.78. The zero-order valence-corrected chi connectivity index (χ0v) is 15.5. The van der Waals surface area contributed by atoms with Crippen molar-refractivity contribution in [2.24, 2.45) is 0 Å². The number of hydrogen-bond acceptors (Lipinski definition) is 5. The van der Waals surface area contributed by atoms with Crippen LogP contribution in [-0.4, -0.2) is 60.8 Å². The molecule has 1 aromatic carbocycles. The second-order valence-corrected chi connectivity index (χ2v) is 6.76. The van der Waals surface area contributed by atoms with Gasteiger partial charge < -0.3 is 14.1 Å². The zero-order chi connectivity index (χ0) is 18.5. The fraction of sp³-hybridized carbons (Fsp3) is 0.333. The number of carbonyl (C=O) groups is 2. The molecule has 2 heterocycles. The third-order valence-electron chi connectivity index (χ3n) is 4.13. The van der Waals surface area contributed by atoms with Gasteiger partial charge in [-0.3, -0.25) is 14.5 Å². The number of amides is 1. The van der Waals surface area contributed by atoms with Gasteiger partial charge in [-0.15, -0.1) is 0 Å². The van der Waals surface area contributed by atoms with Gasteiger partial charge in [0.05, 0.1) is 17.8 Å². The van der Waals surface area contributed by atoms with Crippen LogP contribution in [0.2, 0.25) is 10.0 Å². The van der Waals surface area contributed by atoms with Crippen LogP contribution in [0.3, 0.4) is 0 Å². The first-order valence-electron chi connectivity index (χ1n) is 8.17. The van der Waals surface area contributed by atoms with Crippen molar-refractivity contribution in [1.29, 1.82) is 0 Å². The van der Waals surface area contributed by atoms with Gasteiger partial charge in [-0.05, 0) is 30.3 Å².